The van der Waals surface area contributed by atoms with Crippen molar-refractivity contribution in [3.05, 3.63) is 72.3 Å². The molecule has 2 aromatic heterocycles. The topological polar surface area (TPSA) is 69.9 Å². The van der Waals surface area contributed by atoms with Crippen molar-refractivity contribution in [2.75, 3.05) is 0 Å². The number of cyclic esters (lactones) is 1. The molecule has 0 spiro atoms. The second-order valence-corrected chi connectivity index (χ2v) is 9.36. The Morgan fingerprint density at radius 1 is 1.18 bits per heavy atom. The first kappa shape index (κ1) is 22.4. The maximum Gasteiger partial charge on any atom is 0.335 e. The summed E-state index contributed by atoms with van der Waals surface area (Å²) in [4.78, 5) is 17.5. The minimum atomic E-state index is -3.09. The summed E-state index contributed by atoms with van der Waals surface area (Å²) < 4.78 is 37.4. The van der Waals surface area contributed by atoms with E-state index in [0.717, 1.165) is 16.7 Å². The molecule has 5 rings (SSSR count). The number of aryl methyl sites for hydroxylation is 1. The maximum atomic E-state index is 15.3. The number of rotatable bonds is 4. The SMILES string of the molecule is Cc1ccccc1-c1ccc(/C=C/[C@@H]2[C@@H]3[C@@H](C)OC(=O)[C@]3(n3ccnn3)CC(F)(F)[C@H]2C)nc1. The molecule has 2 fully saturated rings. The van der Waals surface area contributed by atoms with Gasteiger partial charge in [0.05, 0.1) is 11.9 Å². The first-order chi connectivity index (χ1) is 16.2. The zero-order valence-corrected chi connectivity index (χ0v) is 19.2. The molecule has 5 atom stereocenters. The molecule has 1 aromatic carbocycles. The molecule has 34 heavy (non-hydrogen) atoms. The molecule has 2 aliphatic rings. The van der Waals surface area contributed by atoms with E-state index in [0.29, 0.717) is 5.69 Å². The van der Waals surface area contributed by atoms with Crippen LogP contribution in [0.1, 0.15) is 31.5 Å². The van der Waals surface area contributed by atoms with Gasteiger partial charge in [-0.15, -0.1) is 5.10 Å². The summed E-state index contributed by atoms with van der Waals surface area (Å²) in [6.45, 7) is 5.33. The van der Waals surface area contributed by atoms with Crippen LogP contribution < -0.4 is 0 Å². The lowest BCUT2D eigenvalue weighted by Gasteiger charge is -2.47. The van der Waals surface area contributed by atoms with E-state index in [9.17, 15) is 4.79 Å². The van der Waals surface area contributed by atoms with Gasteiger partial charge in [-0.05, 0) is 43.0 Å². The van der Waals surface area contributed by atoms with E-state index in [1.807, 2.05) is 43.3 Å². The normalized spacial score (nSPS) is 30.3. The first-order valence-corrected chi connectivity index (χ1v) is 11.4. The molecule has 3 aromatic rings. The molecule has 8 heteroatoms. The highest BCUT2D eigenvalue weighted by Gasteiger charge is 2.69. The van der Waals surface area contributed by atoms with Crippen molar-refractivity contribution < 1.29 is 18.3 Å². The van der Waals surface area contributed by atoms with Crippen LogP contribution >= 0.6 is 0 Å². The Labute approximate surface area is 196 Å². The van der Waals surface area contributed by atoms with Crippen LogP contribution in [0.4, 0.5) is 8.78 Å². The third-order valence-electron chi connectivity index (χ3n) is 7.43. The number of carbonyl (C=O) groups excluding carboxylic acids is 1. The zero-order chi connectivity index (χ0) is 24.1. The van der Waals surface area contributed by atoms with Crippen molar-refractivity contribution in [1.82, 2.24) is 20.0 Å². The molecule has 0 bridgehead atoms. The summed E-state index contributed by atoms with van der Waals surface area (Å²) in [5, 5.41) is 7.71. The lowest BCUT2D eigenvalue weighted by Crippen LogP contribution is -2.59. The van der Waals surface area contributed by atoms with Crippen LogP contribution in [-0.2, 0) is 15.1 Å². The monoisotopic (exact) mass is 464 g/mol. The van der Waals surface area contributed by atoms with Gasteiger partial charge < -0.3 is 4.74 Å². The number of alkyl halides is 2. The maximum absolute atomic E-state index is 15.3. The standard InChI is InChI=1S/C26H26F2N4O2/c1-16-6-4-5-7-21(16)19-8-9-20(29-14-19)10-11-22-17(2)26(27,28)15-25(32-13-12-30-31-32)23(22)18(3)34-24(25)33/h4-14,17-18,22-23H,15H2,1-3H3/b11-10+/t17-,18+,22-,23-,25-/m0/s1. The highest BCUT2D eigenvalue weighted by Crippen LogP contribution is 2.57. The van der Waals surface area contributed by atoms with Crippen LogP contribution in [0.5, 0.6) is 0 Å². The average molecular weight is 465 g/mol. The van der Waals surface area contributed by atoms with Gasteiger partial charge >= 0.3 is 5.97 Å². The fourth-order valence-electron chi connectivity index (χ4n) is 5.61. The predicted molar refractivity (Wildman–Crippen MR) is 123 cm³/mol. The van der Waals surface area contributed by atoms with Crippen LogP contribution in [0.25, 0.3) is 17.2 Å². The molecule has 176 valence electrons. The van der Waals surface area contributed by atoms with Crippen LogP contribution in [0.3, 0.4) is 0 Å². The summed E-state index contributed by atoms with van der Waals surface area (Å²) in [6.07, 6.45) is 6.95. The molecule has 0 N–H and O–H groups in total. The van der Waals surface area contributed by atoms with Crippen molar-refractivity contribution >= 4 is 12.0 Å². The number of aromatic nitrogens is 4. The molecule has 1 saturated carbocycles. The van der Waals surface area contributed by atoms with E-state index < -0.39 is 47.7 Å². The number of esters is 1. The number of benzene rings is 1. The van der Waals surface area contributed by atoms with Gasteiger partial charge in [0.25, 0.3) is 5.92 Å². The fraction of sp³-hybridized carbons (Fsp3) is 0.385. The Morgan fingerprint density at radius 2 is 1.97 bits per heavy atom. The number of fused-ring (bicyclic) bond motifs is 1. The van der Waals surface area contributed by atoms with E-state index in [4.69, 9.17) is 4.74 Å². The second-order valence-electron chi connectivity index (χ2n) is 9.36. The smallest absolute Gasteiger partial charge is 0.335 e. The van der Waals surface area contributed by atoms with Crippen LogP contribution in [0.2, 0.25) is 0 Å². The Kier molecular flexibility index (Phi) is 5.34. The van der Waals surface area contributed by atoms with Crippen LogP contribution in [0, 0.1) is 24.7 Å². The highest BCUT2D eigenvalue weighted by molar-refractivity contribution is 5.82. The molecular weight excluding hydrogens is 438 g/mol. The summed E-state index contributed by atoms with van der Waals surface area (Å²) in [6, 6.07) is 11.9. The van der Waals surface area contributed by atoms with E-state index in [-0.39, 0.29) is 0 Å². The Balaban J connectivity index is 1.50. The first-order valence-electron chi connectivity index (χ1n) is 11.4. The molecule has 6 nitrogen and oxygen atoms in total. The van der Waals surface area contributed by atoms with Gasteiger partial charge in [-0.25, -0.2) is 18.3 Å². The Hall–Kier alpha value is -3.42. The molecule has 1 aliphatic heterocycles. The second kappa shape index (κ2) is 8.11. The molecule has 1 saturated heterocycles. The molecule has 0 radical (unpaired) electrons. The van der Waals surface area contributed by atoms with E-state index in [1.165, 1.54) is 24.0 Å². The molecule has 3 heterocycles. The summed E-state index contributed by atoms with van der Waals surface area (Å²) in [5.74, 6) is -5.91. The molecular formula is C26H26F2N4O2. The number of hydrogen-bond acceptors (Lipinski definition) is 5. The zero-order valence-electron chi connectivity index (χ0n) is 19.2. The van der Waals surface area contributed by atoms with Gasteiger partial charge in [-0.3, -0.25) is 4.98 Å². The third-order valence-corrected chi connectivity index (χ3v) is 7.43. The van der Waals surface area contributed by atoms with Crippen molar-refractivity contribution in [3.63, 3.8) is 0 Å². The van der Waals surface area contributed by atoms with Crippen LogP contribution in [-0.4, -0.2) is 38.0 Å². The largest absolute Gasteiger partial charge is 0.460 e. The number of pyridine rings is 1. The Bertz CT molecular complexity index is 1230. The van der Waals surface area contributed by atoms with E-state index in [2.05, 4.69) is 15.3 Å². The molecule has 0 unspecified atom stereocenters. The van der Waals surface area contributed by atoms with Gasteiger partial charge in [0.2, 0.25) is 0 Å². The van der Waals surface area contributed by atoms with Gasteiger partial charge in [0.15, 0.2) is 5.54 Å². The predicted octanol–water partition coefficient (Wildman–Crippen LogP) is 4.91. The highest BCUT2D eigenvalue weighted by atomic mass is 19.3. The van der Waals surface area contributed by atoms with Crippen LogP contribution in [0.15, 0.2) is 61.1 Å². The average Bonchev–Trinajstić information content (AvgIpc) is 3.43. The fourth-order valence-corrected chi connectivity index (χ4v) is 5.61. The lowest BCUT2D eigenvalue weighted by atomic mass is 9.60. The van der Waals surface area contributed by atoms with E-state index in [1.54, 1.807) is 25.3 Å². The van der Waals surface area contributed by atoms with Crippen molar-refractivity contribution in [2.24, 2.45) is 17.8 Å². The van der Waals surface area contributed by atoms with Gasteiger partial charge in [-0.1, -0.05) is 48.5 Å². The number of hydrogen-bond donors (Lipinski definition) is 0. The quantitative estimate of drug-likeness (QED) is 0.513. The molecule has 0 amide bonds. The van der Waals surface area contributed by atoms with E-state index >= 15 is 8.78 Å². The lowest BCUT2D eigenvalue weighted by molar-refractivity contribution is -0.169. The summed E-state index contributed by atoms with van der Waals surface area (Å²) >= 11 is 0. The number of allylic oxidation sites excluding steroid dienone is 1. The third kappa shape index (κ3) is 3.43. The number of halogens is 2. The van der Waals surface area contributed by atoms with Crippen molar-refractivity contribution in [2.45, 2.75) is 44.8 Å². The minimum Gasteiger partial charge on any atom is -0.460 e. The number of nitrogens with zero attached hydrogens (tertiary/aromatic N) is 4. The molecule has 1 aliphatic carbocycles. The van der Waals surface area contributed by atoms with Gasteiger partial charge in [0.1, 0.15) is 6.10 Å². The number of ether oxygens (including phenoxy) is 1. The number of carbonyl (C=O) groups is 1. The van der Waals surface area contributed by atoms with Crippen molar-refractivity contribution in [1.29, 1.82) is 0 Å². The van der Waals surface area contributed by atoms with Gasteiger partial charge in [-0.2, -0.15) is 0 Å². The van der Waals surface area contributed by atoms with Crippen molar-refractivity contribution in [3.8, 4) is 11.1 Å². The van der Waals surface area contributed by atoms with Gasteiger partial charge in [0, 0.05) is 36.2 Å². The summed E-state index contributed by atoms with van der Waals surface area (Å²) in [7, 11) is 0. The summed E-state index contributed by atoms with van der Waals surface area (Å²) in [5.41, 5.74) is 2.29. The Morgan fingerprint density at radius 3 is 2.65 bits per heavy atom. The minimum absolute atomic E-state index is 0.515.